The molecule has 2 aromatic rings. The predicted molar refractivity (Wildman–Crippen MR) is 89.5 cm³/mol. The molecule has 0 aliphatic heterocycles. The van der Waals surface area contributed by atoms with Crippen LogP contribution in [0, 0.1) is 0 Å². The quantitative estimate of drug-likeness (QED) is 0.386. The number of benzene rings is 1. The van der Waals surface area contributed by atoms with E-state index < -0.39 is 0 Å². The fraction of sp³-hybridized carbons (Fsp3) is 0.222. The minimum Gasteiger partial charge on any atom is -1.00 e. The monoisotopic (exact) mass is 393 g/mol. The highest BCUT2D eigenvalue weighted by molar-refractivity contribution is 7.99. The lowest BCUT2D eigenvalue weighted by atomic mass is 10.2. The minimum absolute atomic E-state index is 0. The Hall–Kier alpha value is -1.59. The second kappa shape index (κ2) is 11.0. The Morgan fingerprint density at radius 2 is 1.91 bits per heavy atom. The molecule has 1 heterocycles. The molecule has 23 heavy (non-hydrogen) atoms. The average Bonchev–Trinajstić information content (AvgIpc) is 2.55. The number of hydrogen-bond acceptors (Lipinski definition) is 3. The Balaban J connectivity index is 0.00000264. The van der Waals surface area contributed by atoms with Gasteiger partial charge in [-0.05, 0) is 36.4 Å². The number of carbonyl (C=O) groups is 1. The largest absolute Gasteiger partial charge is 1.00 e. The highest BCUT2D eigenvalue weighted by Crippen LogP contribution is 2.13. The first kappa shape index (κ1) is 19.5. The molecule has 0 bridgehead atoms. The van der Waals surface area contributed by atoms with Crippen LogP contribution in [0.15, 0.2) is 65.8 Å². The summed E-state index contributed by atoms with van der Waals surface area (Å²) in [4.78, 5) is 11.5. The lowest BCUT2D eigenvalue weighted by molar-refractivity contribution is -0.723. The van der Waals surface area contributed by atoms with Crippen LogP contribution in [0.3, 0.4) is 0 Å². The second-order valence-corrected chi connectivity index (χ2v) is 5.59. The van der Waals surface area contributed by atoms with E-state index in [0.29, 0.717) is 12.4 Å². The topological polar surface area (TPSA) is 30.2 Å². The zero-order valence-electron chi connectivity index (χ0n) is 13.0. The summed E-state index contributed by atoms with van der Waals surface area (Å²) in [7, 11) is 0. The molecule has 5 heteroatoms. The molecule has 0 atom stereocenters. The van der Waals surface area contributed by atoms with Crippen LogP contribution in [0.25, 0.3) is 6.08 Å². The van der Waals surface area contributed by atoms with E-state index in [4.69, 9.17) is 4.74 Å². The average molecular weight is 394 g/mol. The molecule has 0 N–H and O–H groups in total. The van der Waals surface area contributed by atoms with Crippen molar-refractivity contribution >= 4 is 23.8 Å². The Morgan fingerprint density at radius 3 is 2.65 bits per heavy atom. The van der Waals surface area contributed by atoms with Gasteiger partial charge in [0.2, 0.25) is 5.03 Å². The smallest absolute Gasteiger partial charge is 0.316 e. The third-order valence-corrected chi connectivity index (χ3v) is 4.00. The molecule has 0 amide bonds. The lowest BCUT2D eigenvalue weighted by Gasteiger charge is -2.02. The van der Waals surface area contributed by atoms with Gasteiger partial charge in [0.05, 0.1) is 6.61 Å². The van der Waals surface area contributed by atoms with Gasteiger partial charge >= 0.3 is 5.97 Å². The molecule has 0 fully saturated rings. The van der Waals surface area contributed by atoms with Crippen molar-refractivity contribution in [2.75, 3.05) is 12.4 Å². The molecular formula is C18H20BrNO2S. The van der Waals surface area contributed by atoms with E-state index in [1.54, 1.807) is 0 Å². The van der Waals surface area contributed by atoms with Crippen molar-refractivity contribution in [1.29, 1.82) is 0 Å². The van der Waals surface area contributed by atoms with Gasteiger partial charge in [-0.2, -0.15) is 4.57 Å². The third-order valence-electron chi connectivity index (χ3n) is 2.95. The van der Waals surface area contributed by atoms with Crippen molar-refractivity contribution in [2.45, 2.75) is 18.5 Å². The van der Waals surface area contributed by atoms with Crippen LogP contribution in [0.1, 0.15) is 12.5 Å². The summed E-state index contributed by atoms with van der Waals surface area (Å²) in [6, 6.07) is 16.2. The van der Waals surface area contributed by atoms with E-state index in [-0.39, 0.29) is 23.0 Å². The fourth-order valence-electron chi connectivity index (χ4n) is 1.94. The Bertz CT molecular complexity index is 632. The van der Waals surface area contributed by atoms with Crippen LogP contribution >= 0.6 is 11.8 Å². The number of thioether (sulfide) groups is 1. The molecule has 0 aliphatic rings. The SMILES string of the molecule is CCOC(=O)CSc1cccc[n+]1CC=Cc1ccccc1.[Br-]. The van der Waals surface area contributed by atoms with Crippen molar-refractivity contribution in [1.82, 2.24) is 0 Å². The van der Waals surface area contributed by atoms with Gasteiger partial charge in [0.15, 0.2) is 12.7 Å². The van der Waals surface area contributed by atoms with Crippen molar-refractivity contribution in [3.8, 4) is 0 Å². The molecule has 122 valence electrons. The van der Waals surface area contributed by atoms with E-state index >= 15 is 0 Å². The first-order valence-corrected chi connectivity index (χ1v) is 8.26. The lowest BCUT2D eigenvalue weighted by Crippen LogP contribution is -3.00. The number of aromatic nitrogens is 1. The first-order chi connectivity index (χ1) is 10.8. The van der Waals surface area contributed by atoms with Gasteiger partial charge in [-0.25, -0.2) is 0 Å². The summed E-state index contributed by atoms with van der Waals surface area (Å²) in [6.07, 6.45) is 6.23. The molecular weight excluding hydrogens is 374 g/mol. The molecule has 2 rings (SSSR count). The molecule has 0 saturated heterocycles. The number of allylic oxidation sites excluding steroid dienone is 1. The number of nitrogens with zero attached hydrogens (tertiary/aromatic N) is 1. The molecule has 0 saturated carbocycles. The van der Waals surface area contributed by atoms with Crippen LogP contribution < -0.4 is 21.5 Å². The van der Waals surface area contributed by atoms with Gasteiger partial charge in [0, 0.05) is 12.1 Å². The van der Waals surface area contributed by atoms with Crippen molar-refractivity contribution in [2.24, 2.45) is 0 Å². The summed E-state index contributed by atoms with van der Waals surface area (Å²) in [5.41, 5.74) is 1.18. The number of rotatable bonds is 7. The van der Waals surface area contributed by atoms with E-state index in [1.165, 1.54) is 17.3 Å². The van der Waals surface area contributed by atoms with Gasteiger partial charge < -0.3 is 21.7 Å². The maximum Gasteiger partial charge on any atom is 0.316 e. The fourth-order valence-corrected chi connectivity index (χ4v) is 2.77. The van der Waals surface area contributed by atoms with E-state index in [2.05, 4.69) is 28.9 Å². The predicted octanol–water partition coefficient (Wildman–Crippen LogP) is 0.347. The zero-order chi connectivity index (χ0) is 15.6. The van der Waals surface area contributed by atoms with Gasteiger partial charge in [-0.15, -0.1) is 0 Å². The molecule has 1 aromatic carbocycles. The van der Waals surface area contributed by atoms with Crippen LogP contribution in [0.5, 0.6) is 0 Å². The standard InChI is InChI=1S/C18H20NO2S.BrH/c1-2-21-18(20)15-22-17-12-6-7-13-19(17)14-8-11-16-9-4-3-5-10-16;/h3-13H,2,14-15H2,1H3;1H/q+1;/p-1. The summed E-state index contributed by atoms with van der Waals surface area (Å²) in [5, 5.41) is 1.05. The van der Waals surface area contributed by atoms with Crippen LogP contribution in [0.2, 0.25) is 0 Å². The zero-order valence-corrected chi connectivity index (χ0v) is 15.4. The highest BCUT2D eigenvalue weighted by Gasteiger charge is 2.11. The molecule has 0 aliphatic carbocycles. The number of esters is 1. The normalized spacial score (nSPS) is 10.3. The molecule has 1 aromatic heterocycles. The Morgan fingerprint density at radius 1 is 1.17 bits per heavy atom. The van der Waals surface area contributed by atoms with Gasteiger partial charge in [0.25, 0.3) is 0 Å². The van der Waals surface area contributed by atoms with Crippen LogP contribution in [-0.2, 0) is 16.1 Å². The Labute approximate surface area is 152 Å². The summed E-state index contributed by atoms with van der Waals surface area (Å²) in [6.45, 7) is 3.01. The number of carbonyl (C=O) groups excluding carboxylic acids is 1. The van der Waals surface area contributed by atoms with E-state index in [0.717, 1.165) is 11.6 Å². The molecule has 0 unspecified atom stereocenters. The van der Waals surface area contributed by atoms with E-state index in [9.17, 15) is 4.79 Å². The third kappa shape index (κ3) is 7.01. The number of halogens is 1. The van der Waals surface area contributed by atoms with E-state index in [1.807, 2.05) is 49.5 Å². The summed E-state index contributed by atoms with van der Waals surface area (Å²) in [5.74, 6) is 0.156. The number of pyridine rings is 1. The Kier molecular flexibility index (Phi) is 9.33. The highest BCUT2D eigenvalue weighted by atomic mass is 79.9. The van der Waals surface area contributed by atoms with Crippen LogP contribution in [-0.4, -0.2) is 18.3 Å². The maximum atomic E-state index is 11.5. The van der Waals surface area contributed by atoms with Gasteiger partial charge in [0.1, 0.15) is 5.75 Å². The second-order valence-electron chi connectivity index (χ2n) is 4.60. The minimum atomic E-state index is -0.178. The molecule has 0 radical (unpaired) electrons. The first-order valence-electron chi connectivity index (χ1n) is 7.28. The maximum absolute atomic E-state index is 11.5. The summed E-state index contributed by atoms with van der Waals surface area (Å²) >= 11 is 1.50. The van der Waals surface area contributed by atoms with Gasteiger partial charge in [-0.1, -0.05) is 36.4 Å². The van der Waals surface area contributed by atoms with Crippen molar-refractivity contribution in [3.63, 3.8) is 0 Å². The summed E-state index contributed by atoms with van der Waals surface area (Å²) < 4.78 is 7.07. The molecule has 0 spiro atoms. The number of hydrogen-bond donors (Lipinski definition) is 0. The number of ether oxygens (including phenoxy) is 1. The van der Waals surface area contributed by atoms with Gasteiger partial charge in [-0.3, -0.25) is 4.79 Å². The molecule has 3 nitrogen and oxygen atoms in total. The van der Waals surface area contributed by atoms with Crippen LogP contribution in [0.4, 0.5) is 0 Å². The van der Waals surface area contributed by atoms with Crippen molar-refractivity contribution < 1.29 is 31.1 Å². The van der Waals surface area contributed by atoms with Crippen molar-refractivity contribution in [3.05, 3.63) is 66.4 Å².